The van der Waals surface area contributed by atoms with E-state index in [1.165, 1.54) is 0 Å². The molecule has 1 aromatic heterocycles. The summed E-state index contributed by atoms with van der Waals surface area (Å²) in [5.41, 5.74) is 18.6. The summed E-state index contributed by atoms with van der Waals surface area (Å²) in [4.78, 5) is 56.2. The van der Waals surface area contributed by atoms with E-state index in [-0.39, 0.29) is 31.3 Å². The first kappa shape index (κ1) is 29.1. The van der Waals surface area contributed by atoms with Crippen LogP contribution in [0.4, 0.5) is 0 Å². The van der Waals surface area contributed by atoms with Crippen molar-refractivity contribution in [2.45, 2.75) is 51.2 Å². The van der Waals surface area contributed by atoms with Gasteiger partial charge in [0.25, 0.3) is 0 Å². The Kier molecular flexibility index (Phi) is 10.9. The fraction of sp³-hybridized carbons (Fsp3) is 0.458. The van der Waals surface area contributed by atoms with Gasteiger partial charge in [-0.15, -0.1) is 0 Å². The van der Waals surface area contributed by atoms with Crippen LogP contribution in [-0.2, 0) is 25.6 Å². The van der Waals surface area contributed by atoms with E-state index in [0.29, 0.717) is 6.42 Å². The summed E-state index contributed by atoms with van der Waals surface area (Å²) in [6, 6.07) is 4.58. The highest BCUT2D eigenvalue weighted by Gasteiger charge is 2.26. The Morgan fingerprint density at radius 1 is 1.08 bits per heavy atom. The van der Waals surface area contributed by atoms with Gasteiger partial charge in [-0.05, 0) is 36.8 Å². The van der Waals surface area contributed by atoms with E-state index in [1.807, 2.05) is 24.3 Å². The molecule has 2 aromatic rings. The summed E-state index contributed by atoms with van der Waals surface area (Å²) in [5, 5.41) is 17.6. The molecule has 3 atom stereocenters. The van der Waals surface area contributed by atoms with Crippen molar-refractivity contribution in [1.29, 1.82) is 0 Å². The maximum Gasteiger partial charge on any atom is 0.326 e. The number of benzene rings is 1. The van der Waals surface area contributed by atoms with E-state index in [9.17, 15) is 24.3 Å². The lowest BCUT2D eigenvalue weighted by atomic mass is 10.0. The number of aliphatic imine (C=N–C) groups is 1. The minimum absolute atomic E-state index is 0.0967. The maximum absolute atomic E-state index is 12.9. The number of hydrogen-bond acceptors (Lipinski definition) is 6. The molecule has 3 unspecified atom stereocenters. The van der Waals surface area contributed by atoms with E-state index in [1.54, 1.807) is 20.0 Å². The number of guanidine groups is 1. The zero-order chi connectivity index (χ0) is 27.5. The van der Waals surface area contributed by atoms with Crippen molar-refractivity contribution in [3.8, 4) is 0 Å². The lowest BCUT2D eigenvalue weighted by molar-refractivity contribution is -0.143. The minimum Gasteiger partial charge on any atom is -0.480 e. The highest BCUT2D eigenvalue weighted by Crippen LogP contribution is 2.18. The number of fused-ring (bicyclic) bond motifs is 1. The summed E-state index contributed by atoms with van der Waals surface area (Å²) < 4.78 is 0. The fourth-order valence-corrected chi connectivity index (χ4v) is 3.71. The molecule has 0 radical (unpaired) electrons. The normalized spacial score (nSPS) is 13.4. The van der Waals surface area contributed by atoms with Crippen LogP contribution >= 0.6 is 0 Å². The summed E-state index contributed by atoms with van der Waals surface area (Å²) in [6.07, 6.45) is 2.58. The number of hydrogen-bond donors (Lipinski definition) is 8. The van der Waals surface area contributed by atoms with Crippen LogP contribution in [0.5, 0.6) is 0 Å². The van der Waals surface area contributed by atoms with E-state index in [0.717, 1.165) is 16.5 Å². The van der Waals surface area contributed by atoms with Gasteiger partial charge in [0.05, 0.1) is 12.6 Å². The lowest BCUT2D eigenvalue weighted by Gasteiger charge is -2.21. The van der Waals surface area contributed by atoms with Crippen LogP contribution in [-0.4, -0.2) is 71.0 Å². The number of nitrogens with one attached hydrogen (secondary N) is 4. The predicted molar refractivity (Wildman–Crippen MR) is 139 cm³/mol. The van der Waals surface area contributed by atoms with Crippen LogP contribution in [0.1, 0.15) is 32.3 Å². The molecule has 37 heavy (non-hydrogen) atoms. The van der Waals surface area contributed by atoms with Gasteiger partial charge >= 0.3 is 5.97 Å². The van der Waals surface area contributed by atoms with Crippen LogP contribution in [0.2, 0.25) is 0 Å². The first-order chi connectivity index (χ1) is 17.5. The van der Waals surface area contributed by atoms with Crippen LogP contribution < -0.4 is 33.2 Å². The molecule has 3 amide bonds. The van der Waals surface area contributed by atoms with Crippen molar-refractivity contribution >= 4 is 40.6 Å². The standard InChI is InChI=1S/C24H36N8O5/c1-13(2)20(23(36)37)32-19(33)12-30-22(35)18(8-5-9-28-24(26)27)31-21(34)16(25)10-14-11-29-17-7-4-3-6-15(14)17/h3-4,6-7,11,13,16,18,20,29H,5,8-10,12,25H2,1-2H3,(H,30,35)(H,31,34)(H,32,33)(H,36,37)(H4,26,27,28). The third kappa shape index (κ3) is 9.11. The third-order valence-electron chi connectivity index (χ3n) is 5.70. The molecule has 13 heteroatoms. The Hall–Kier alpha value is -4.13. The van der Waals surface area contributed by atoms with Crippen molar-refractivity contribution in [1.82, 2.24) is 20.9 Å². The molecule has 11 N–H and O–H groups in total. The zero-order valence-electron chi connectivity index (χ0n) is 21.0. The zero-order valence-corrected chi connectivity index (χ0v) is 21.0. The van der Waals surface area contributed by atoms with Crippen molar-refractivity contribution < 1.29 is 24.3 Å². The van der Waals surface area contributed by atoms with Crippen molar-refractivity contribution in [3.63, 3.8) is 0 Å². The number of aliphatic carboxylic acids is 1. The summed E-state index contributed by atoms with van der Waals surface area (Å²) in [6.45, 7) is 3.08. The third-order valence-corrected chi connectivity index (χ3v) is 5.70. The lowest BCUT2D eigenvalue weighted by Crippen LogP contribution is -2.54. The number of nitrogens with zero attached hydrogens (tertiary/aromatic N) is 1. The number of H-pyrrole nitrogens is 1. The second-order valence-electron chi connectivity index (χ2n) is 9.03. The molecule has 0 bridgehead atoms. The molecule has 0 saturated heterocycles. The SMILES string of the molecule is CC(C)C(NC(=O)CNC(=O)C(CCCN=C(N)N)NC(=O)C(N)Cc1c[nH]c2ccccc12)C(=O)O. The van der Waals surface area contributed by atoms with Gasteiger partial charge in [0.2, 0.25) is 17.7 Å². The van der Waals surface area contributed by atoms with E-state index in [4.69, 9.17) is 17.2 Å². The molecule has 0 fully saturated rings. The summed E-state index contributed by atoms with van der Waals surface area (Å²) in [5.74, 6) is -3.45. The first-order valence-electron chi connectivity index (χ1n) is 12.0. The van der Waals surface area contributed by atoms with Crippen molar-refractivity contribution in [3.05, 3.63) is 36.0 Å². The van der Waals surface area contributed by atoms with Gasteiger partial charge in [-0.3, -0.25) is 19.4 Å². The Bertz CT molecular complexity index is 1130. The largest absolute Gasteiger partial charge is 0.480 e. The number of para-hydroxylation sites is 1. The Morgan fingerprint density at radius 3 is 2.43 bits per heavy atom. The van der Waals surface area contributed by atoms with Crippen LogP contribution in [0.15, 0.2) is 35.5 Å². The van der Waals surface area contributed by atoms with Gasteiger partial charge in [0.15, 0.2) is 5.96 Å². The molecule has 1 heterocycles. The highest BCUT2D eigenvalue weighted by molar-refractivity contribution is 5.93. The number of carboxylic acid groups (broad SMARTS) is 1. The number of aromatic amines is 1. The molecule has 0 aliphatic rings. The predicted octanol–water partition coefficient (Wildman–Crippen LogP) is -1.08. The molecular weight excluding hydrogens is 480 g/mol. The number of carbonyl (C=O) groups excluding carboxylic acids is 3. The summed E-state index contributed by atoms with van der Waals surface area (Å²) >= 11 is 0. The van der Waals surface area contributed by atoms with Gasteiger partial charge in [-0.2, -0.15) is 0 Å². The van der Waals surface area contributed by atoms with Gasteiger partial charge < -0.3 is 43.2 Å². The second kappa shape index (κ2) is 13.8. The van der Waals surface area contributed by atoms with E-state index >= 15 is 0 Å². The molecule has 13 nitrogen and oxygen atoms in total. The van der Waals surface area contributed by atoms with Crippen molar-refractivity contribution in [2.24, 2.45) is 28.1 Å². The molecule has 1 aromatic carbocycles. The minimum atomic E-state index is -1.18. The maximum atomic E-state index is 12.9. The number of carboxylic acids is 1. The molecule has 2 rings (SSSR count). The fourth-order valence-electron chi connectivity index (χ4n) is 3.71. The van der Waals surface area contributed by atoms with Gasteiger partial charge in [0.1, 0.15) is 12.1 Å². The Balaban J connectivity index is 2.01. The van der Waals surface area contributed by atoms with Crippen molar-refractivity contribution in [2.75, 3.05) is 13.1 Å². The average molecular weight is 517 g/mol. The number of rotatable bonds is 14. The number of aromatic nitrogens is 1. The van der Waals surface area contributed by atoms with E-state index in [2.05, 4.69) is 25.9 Å². The van der Waals surface area contributed by atoms with Gasteiger partial charge in [-0.1, -0.05) is 32.0 Å². The first-order valence-corrected chi connectivity index (χ1v) is 12.0. The number of nitrogens with two attached hydrogens (primary N) is 3. The highest BCUT2D eigenvalue weighted by atomic mass is 16.4. The number of amides is 3. The van der Waals surface area contributed by atoms with Crippen LogP contribution in [0.3, 0.4) is 0 Å². The monoisotopic (exact) mass is 516 g/mol. The van der Waals surface area contributed by atoms with Gasteiger partial charge in [0, 0.05) is 23.6 Å². The summed E-state index contributed by atoms with van der Waals surface area (Å²) in [7, 11) is 0. The topological polar surface area (TPSA) is 231 Å². The molecule has 0 spiro atoms. The smallest absolute Gasteiger partial charge is 0.326 e. The Labute approximate surface area is 214 Å². The quantitative estimate of drug-likeness (QED) is 0.0871. The molecule has 202 valence electrons. The molecule has 0 saturated carbocycles. The van der Waals surface area contributed by atoms with E-state index < -0.39 is 48.4 Å². The van der Waals surface area contributed by atoms with Gasteiger partial charge in [-0.25, -0.2) is 4.79 Å². The average Bonchev–Trinajstić information content (AvgIpc) is 3.24. The number of carbonyl (C=O) groups is 4. The van der Waals surface area contributed by atoms with Crippen LogP contribution in [0.25, 0.3) is 10.9 Å². The van der Waals surface area contributed by atoms with Crippen LogP contribution in [0, 0.1) is 5.92 Å². The molecular formula is C24H36N8O5. The second-order valence-corrected chi connectivity index (χ2v) is 9.03. The molecule has 0 aliphatic carbocycles. The Morgan fingerprint density at radius 2 is 1.78 bits per heavy atom. The molecule has 0 aliphatic heterocycles.